The summed E-state index contributed by atoms with van der Waals surface area (Å²) in [5, 5.41) is 0.343. The quantitative estimate of drug-likeness (QED) is 0.562. The number of rotatable bonds is 1. The van der Waals surface area contributed by atoms with Crippen LogP contribution in [0.1, 0.15) is 17.0 Å². The maximum atomic E-state index is 14.4. The number of imidazole rings is 1. The van der Waals surface area contributed by atoms with Gasteiger partial charge in [-0.25, -0.2) is 13.8 Å². The maximum absolute atomic E-state index is 14.4. The van der Waals surface area contributed by atoms with E-state index < -0.39 is 11.6 Å². The molecule has 3 aromatic rings. The predicted octanol–water partition coefficient (Wildman–Crippen LogP) is 4.92. The highest BCUT2D eigenvalue weighted by Crippen LogP contribution is 2.36. The zero-order valence-corrected chi connectivity index (χ0v) is 14.4. The van der Waals surface area contributed by atoms with Crippen molar-refractivity contribution in [1.29, 1.82) is 0 Å². The van der Waals surface area contributed by atoms with E-state index in [0.717, 1.165) is 0 Å². The number of hydrogen-bond acceptors (Lipinski definition) is 2. The van der Waals surface area contributed by atoms with Crippen LogP contribution in [0.4, 0.5) is 8.78 Å². The highest BCUT2D eigenvalue weighted by molar-refractivity contribution is 9.10. The first kappa shape index (κ1) is 15.5. The Bertz CT molecular complexity index is 977. The molecule has 4 rings (SSSR count). The molecule has 3 nitrogen and oxygen atoms in total. The van der Waals surface area contributed by atoms with E-state index in [0.29, 0.717) is 26.6 Å². The molecule has 0 bridgehead atoms. The summed E-state index contributed by atoms with van der Waals surface area (Å²) in [5.41, 5.74) is 1.13. The van der Waals surface area contributed by atoms with Crippen LogP contribution in [0.25, 0.3) is 5.69 Å². The van der Waals surface area contributed by atoms with Crippen molar-refractivity contribution in [3.8, 4) is 5.69 Å². The Morgan fingerprint density at radius 1 is 1.08 bits per heavy atom. The third-order valence-electron chi connectivity index (χ3n) is 3.86. The number of aromatic nitrogens is 2. The molecule has 0 unspecified atom stereocenters. The molecule has 0 N–H and O–H groups in total. The molecule has 1 aromatic heterocycles. The van der Waals surface area contributed by atoms with Gasteiger partial charge in [-0.3, -0.25) is 4.99 Å². The summed E-state index contributed by atoms with van der Waals surface area (Å²) in [7, 11) is 0. The molecule has 120 valence electrons. The van der Waals surface area contributed by atoms with Crippen molar-refractivity contribution in [2.75, 3.05) is 0 Å². The van der Waals surface area contributed by atoms with Crippen molar-refractivity contribution >= 4 is 33.2 Å². The average molecular weight is 409 g/mol. The SMILES string of the molecule is Fc1cccc(F)c1C1=NCc2nccn2-c2ccc(Br)c(Cl)c21. The first-order valence-electron chi connectivity index (χ1n) is 7.07. The van der Waals surface area contributed by atoms with Gasteiger partial charge in [-0.15, -0.1) is 0 Å². The average Bonchev–Trinajstić information content (AvgIpc) is 2.96. The molecule has 1 aliphatic heterocycles. The second-order valence-electron chi connectivity index (χ2n) is 5.23. The lowest BCUT2D eigenvalue weighted by atomic mass is 9.99. The van der Waals surface area contributed by atoms with Gasteiger partial charge in [-0.05, 0) is 40.2 Å². The van der Waals surface area contributed by atoms with E-state index in [-0.39, 0.29) is 17.8 Å². The van der Waals surface area contributed by atoms with E-state index >= 15 is 0 Å². The highest BCUT2D eigenvalue weighted by atomic mass is 79.9. The van der Waals surface area contributed by atoms with Gasteiger partial charge in [-0.1, -0.05) is 17.7 Å². The normalized spacial score (nSPS) is 13.1. The summed E-state index contributed by atoms with van der Waals surface area (Å²) >= 11 is 9.83. The van der Waals surface area contributed by atoms with Crippen molar-refractivity contribution in [3.63, 3.8) is 0 Å². The molecule has 0 radical (unpaired) electrons. The molecule has 0 spiro atoms. The van der Waals surface area contributed by atoms with Crippen LogP contribution in [-0.2, 0) is 6.54 Å². The first-order chi connectivity index (χ1) is 11.6. The summed E-state index contributed by atoms with van der Waals surface area (Å²) in [4.78, 5) is 8.67. The molecule has 1 aliphatic rings. The Morgan fingerprint density at radius 2 is 1.83 bits per heavy atom. The zero-order chi connectivity index (χ0) is 16.8. The smallest absolute Gasteiger partial charge is 0.135 e. The monoisotopic (exact) mass is 407 g/mol. The molecular weight excluding hydrogens is 400 g/mol. The summed E-state index contributed by atoms with van der Waals surface area (Å²) < 4.78 is 31.1. The van der Waals surface area contributed by atoms with Crippen LogP contribution in [0.5, 0.6) is 0 Å². The van der Waals surface area contributed by atoms with Crippen LogP contribution in [-0.4, -0.2) is 15.3 Å². The predicted molar refractivity (Wildman–Crippen MR) is 92.0 cm³/mol. The molecule has 2 heterocycles. The molecule has 0 saturated carbocycles. The Hall–Kier alpha value is -2.05. The lowest BCUT2D eigenvalue weighted by molar-refractivity contribution is 0.579. The van der Waals surface area contributed by atoms with Gasteiger partial charge in [0.25, 0.3) is 0 Å². The van der Waals surface area contributed by atoms with Crippen LogP contribution in [0.2, 0.25) is 5.02 Å². The Balaban J connectivity index is 2.09. The number of hydrogen-bond donors (Lipinski definition) is 0. The standard InChI is InChI=1S/C17H9BrClF2N3/c18-9-4-5-12-15(16(9)19)17(14-10(20)2-1-3-11(14)21)23-8-13-22-6-7-24(12)13/h1-7H,8H2. The molecule has 0 saturated heterocycles. The van der Waals surface area contributed by atoms with Crippen LogP contribution in [0.3, 0.4) is 0 Å². The number of nitrogens with zero attached hydrogens (tertiary/aromatic N) is 3. The first-order valence-corrected chi connectivity index (χ1v) is 8.25. The van der Waals surface area contributed by atoms with Gasteiger partial charge in [0.1, 0.15) is 17.5 Å². The largest absolute Gasteiger partial charge is 0.301 e. The minimum atomic E-state index is -0.685. The van der Waals surface area contributed by atoms with E-state index in [1.807, 2.05) is 10.6 Å². The summed E-state index contributed by atoms with van der Waals surface area (Å²) in [6.45, 7) is 0.193. The van der Waals surface area contributed by atoms with Crippen LogP contribution < -0.4 is 0 Å². The van der Waals surface area contributed by atoms with E-state index in [9.17, 15) is 8.78 Å². The number of aliphatic imine (C=N–C) groups is 1. The molecule has 7 heteroatoms. The Kier molecular flexibility index (Phi) is 3.73. The minimum Gasteiger partial charge on any atom is -0.301 e. The molecule has 0 fully saturated rings. The number of benzene rings is 2. The highest BCUT2D eigenvalue weighted by Gasteiger charge is 2.26. The van der Waals surface area contributed by atoms with E-state index in [2.05, 4.69) is 25.9 Å². The minimum absolute atomic E-state index is 0.178. The third kappa shape index (κ3) is 2.29. The number of fused-ring (bicyclic) bond motifs is 3. The second-order valence-corrected chi connectivity index (χ2v) is 6.46. The topological polar surface area (TPSA) is 30.2 Å². The van der Waals surface area contributed by atoms with E-state index in [4.69, 9.17) is 11.6 Å². The Morgan fingerprint density at radius 3 is 2.58 bits per heavy atom. The van der Waals surface area contributed by atoms with Crippen molar-refractivity contribution in [2.24, 2.45) is 4.99 Å². The van der Waals surface area contributed by atoms with Gasteiger partial charge < -0.3 is 4.57 Å². The van der Waals surface area contributed by atoms with Gasteiger partial charge in [0.05, 0.1) is 28.5 Å². The lowest BCUT2D eigenvalue weighted by Gasteiger charge is -2.15. The molecule has 0 amide bonds. The van der Waals surface area contributed by atoms with Gasteiger partial charge in [0.15, 0.2) is 0 Å². The second kappa shape index (κ2) is 5.79. The van der Waals surface area contributed by atoms with Gasteiger partial charge >= 0.3 is 0 Å². The maximum Gasteiger partial charge on any atom is 0.135 e. The van der Waals surface area contributed by atoms with Crippen LogP contribution in [0, 0.1) is 11.6 Å². The van der Waals surface area contributed by atoms with Crippen LogP contribution >= 0.6 is 27.5 Å². The summed E-state index contributed by atoms with van der Waals surface area (Å²) in [5.74, 6) is -0.702. The van der Waals surface area contributed by atoms with Crippen molar-refractivity contribution in [1.82, 2.24) is 9.55 Å². The lowest BCUT2D eigenvalue weighted by Crippen LogP contribution is -2.12. The number of halogens is 4. The van der Waals surface area contributed by atoms with Crippen molar-refractivity contribution in [3.05, 3.63) is 80.8 Å². The van der Waals surface area contributed by atoms with Crippen molar-refractivity contribution < 1.29 is 8.78 Å². The molecular formula is C17H9BrClF2N3. The van der Waals surface area contributed by atoms with Crippen LogP contribution in [0.15, 0.2) is 52.2 Å². The van der Waals surface area contributed by atoms with Gasteiger partial charge in [0, 0.05) is 22.4 Å². The fourth-order valence-corrected chi connectivity index (χ4v) is 3.37. The van der Waals surface area contributed by atoms with Gasteiger partial charge in [0.2, 0.25) is 0 Å². The molecule has 24 heavy (non-hydrogen) atoms. The Labute approximate surface area is 149 Å². The van der Waals surface area contributed by atoms with Gasteiger partial charge in [-0.2, -0.15) is 0 Å². The van der Waals surface area contributed by atoms with E-state index in [1.54, 1.807) is 18.5 Å². The summed E-state index contributed by atoms with van der Waals surface area (Å²) in [6, 6.07) is 7.33. The van der Waals surface area contributed by atoms with Crippen molar-refractivity contribution in [2.45, 2.75) is 6.54 Å². The fourth-order valence-electron chi connectivity index (χ4n) is 2.79. The fraction of sp³-hybridized carbons (Fsp3) is 0.0588. The van der Waals surface area contributed by atoms with E-state index in [1.165, 1.54) is 18.2 Å². The third-order valence-corrected chi connectivity index (χ3v) is 5.15. The molecule has 2 aromatic carbocycles. The zero-order valence-electron chi connectivity index (χ0n) is 12.1. The molecule has 0 atom stereocenters. The molecule has 0 aliphatic carbocycles. The summed E-state index contributed by atoms with van der Waals surface area (Å²) in [6.07, 6.45) is 3.42.